The Kier molecular flexibility index (Phi) is 3.66. The molecule has 4 nitrogen and oxygen atoms in total. The van der Waals surface area contributed by atoms with Crippen molar-refractivity contribution in [1.82, 2.24) is 9.55 Å². The molecule has 5 heteroatoms. The number of anilines is 1. The molecule has 0 saturated heterocycles. The molecule has 1 unspecified atom stereocenters. The minimum Gasteiger partial charge on any atom is -0.378 e. The van der Waals surface area contributed by atoms with Gasteiger partial charge in [-0.15, -0.1) is 11.3 Å². The monoisotopic (exact) mass is 299 g/mol. The van der Waals surface area contributed by atoms with Crippen LogP contribution in [0.4, 0.5) is 5.69 Å². The van der Waals surface area contributed by atoms with Crippen LogP contribution >= 0.6 is 11.3 Å². The van der Waals surface area contributed by atoms with Crippen molar-refractivity contribution in [3.05, 3.63) is 69.0 Å². The van der Waals surface area contributed by atoms with Crippen LogP contribution < -0.4 is 11.0 Å². The van der Waals surface area contributed by atoms with Crippen molar-refractivity contribution in [2.45, 2.75) is 19.9 Å². The van der Waals surface area contributed by atoms with Gasteiger partial charge in [-0.3, -0.25) is 4.57 Å². The number of imidazole rings is 1. The minimum absolute atomic E-state index is 0.127. The lowest BCUT2D eigenvalue weighted by molar-refractivity contribution is 0.907. The van der Waals surface area contributed by atoms with E-state index in [9.17, 15) is 4.79 Å². The average Bonchev–Trinajstić information content (AvgIpc) is 3.08. The Morgan fingerprint density at radius 2 is 1.95 bits per heavy atom. The summed E-state index contributed by atoms with van der Waals surface area (Å²) in [5, 5.41) is 3.47. The van der Waals surface area contributed by atoms with Crippen molar-refractivity contribution in [2.24, 2.45) is 0 Å². The summed E-state index contributed by atoms with van der Waals surface area (Å²) in [5.74, 6) is 0. The number of thiophene rings is 1. The van der Waals surface area contributed by atoms with Crippen molar-refractivity contribution in [3.8, 4) is 5.69 Å². The zero-order chi connectivity index (χ0) is 14.8. The van der Waals surface area contributed by atoms with Crippen LogP contribution in [0.5, 0.6) is 0 Å². The molecule has 0 aliphatic heterocycles. The highest BCUT2D eigenvalue weighted by molar-refractivity contribution is 7.12. The van der Waals surface area contributed by atoms with Gasteiger partial charge in [-0.2, -0.15) is 0 Å². The van der Waals surface area contributed by atoms with E-state index in [0.29, 0.717) is 0 Å². The second-order valence-corrected chi connectivity index (χ2v) is 6.32. The summed E-state index contributed by atoms with van der Waals surface area (Å²) in [4.78, 5) is 16.8. The standard InChI is InChI=1S/C16H17N3OS/c1-11-3-8-15(21-11)12(2)18-13-4-6-14(7-5-13)19-10-9-17-16(19)20/h3-10,12,18H,1-2H3,(H,17,20). The number of hydrogen-bond donors (Lipinski definition) is 2. The molecule has 0 spiro atoms. The Morgan fingerprint density at radius 1 is 1.19 bits per heavy atom. The van der Waals surface area contributed by atoms with Crippen LogP contribution in [0.15, 0.2) is 53.6 Å². The van der Waals surface area contributed by atoms with Gasteiger partial charge >= 0.3 is 5.69 Å². The number of aromatic amines is 1. The number of nitrogens with zero attached hydrogens (tertiary/aromatic N) is 1. The van der Waals surface area contributed by atoms with Gasteiger partial charge in [-0.05, 0) is 50.2 Å². The normalized spacial score (nSPS) is 12.3. The topological polar surface area (TPSA) is 49.8 Å². The van der Waals surface area contributed by atoms with Crippen molar-refractivity contribution in [2.75, 3.05) is 5.32 Å². The van der Waals surface area contributed by atoms with E-state index in [1.54, 1.807) is 28.3 Å². The molecule has 3 aromatic rings. The fourth-order valence-electron chi connectivity index (χ4n) is 2.25. The maximum atomic E-state index is 11.6. The summed E-state index contributed by atoms with van der Waals surface area (Å²) in [6.45, 7) is 4.26. The van der Waals surface area contributed by atoms with Gasteiger partial charge in [0, 0.05) is 27.8 Å². The van der Waals surface area contributed by atoms with Crippen LogP contribution in [0, 0.1) is 6.92 Å². The summed E-state index contributed by atoms with van der Waals surface area (Å²) in [5.41, 5.74) is 1.77. The Labute approximate surface area is 127 Å². The third kappa shape index (κ3) is 2.92. The van der Waals surface area contributed by atoms with Gasteiger partial charge in [0.05, 0.1) is 11.7 Å². The maximum Gasteiger partial charge on any atom is 0.330 e. The van der Waals surface area contributed by atoms with Gasteiger partial charge in [0.1, 0.15) is 0 Å². The van der Waals surface area contributed by atoms with E-state index in [4.69, 9.17) is 0 Å². The van der Waals surface area contributed by atoms with Crippen LogP contribution in [0.3, 0.4) is 0 Å². The summed E-state index contributed by atoms with van der Waals surface area (Å²) in [7, 11) is 0. The van der Waals surface area contributed by atoms with E-state index < -0.39 is 0 Å². The zero-order valence-corrected chi connectivity index (χ0v) is 12.8. The third-order valence-electron chi connectivity index (χ3n) is 3.37. The second kappa shape index (κ2) is 5.61. The smallest absolute Gasteiger partial charge is 0.330 e. The van der Waals surface area contributed by atoms with E-state index in [1.807, 2.05) is 24.3 Å². The maximum absolute atomic E-state index is 11.6. The van der Waals surface area contributed by atoms with Gasteiger partial charge in [0.15, 0.2) is 0 Å². The van der Waals surface area contributed by atoms with E-state index in [2.05, 4.69) is 36.3 Å². The molecular weight excluding hydrogens is 282 g/mol. The summed E-state index contributed by atoms with van der Waals surface area (Å²) < 4.78 is 1.58. The molecule has 0 radical (unpaired) electrons. The molecule has 0 fully saturated rings. The van der Waals surface area contributed by atoms with Crippen molar-refractivity contribution >= 4 is 17.0 Å². The molecular formula is C16H17N3OS. The summed E-state index contributed by atoms with van der Waals surface area (Å²) in [6.07, 6.45) is 3.36. The molecule has 2 heterocycles. The van der Waals surface area contributed by atoms with Crippen molar-refractivity contribution in [3.63, 3.8) is 0 Å². The Morgan fingerprint density at radius 3 is 2.52 bits per heavy atom. The first-order valence-electron chi connectivity index (χ1n) is 6.83. The van der Waals surface area contributed by atoms with Gasteiger partial charge in [0.2, 0.25) is 0 Å². The Bertz CT molecular complexity index is 782. The summed E-state index contributed by atoms with van der Waals surface area (Å²) >= 11 is 1.81. The second-order valence-electron chi connectivity index (χ2n) is 5.00. The molecule has 0 amide bonds. The quantitative estimate of drug-likeness (QED) is 0.771. The van der Waals surface area contributed by atoms with E-state index in [1.165, 1.54) is 9.75 Å². The molecule has 0 bridgehead atoms. The highest BCUT2D eigenvalue weighted by atomic mass is 32.1. The zero-order valence-electron chi connectivity index (χ0n) is 12.0. The predicted octanol–water partition coefficient (Wildman–Crippen LogP) is 3.71. The molecule has 2 N–H and O–H groups in total. The SMILES string of the molecule is Cc1ccc(C(C)Nc2ccc(-n3cc[nH]c3=O)cc2)s1. The lowest BCUT2D eigenvalue weighted by Gasteiger charge is -2.14. The molecule has 3 rings (SSSR count). The molecule has 0 saturated carbocycles. The Balaban J connectivity index is 1.76. The number of benzene rings is 1. The van der Waals surface area contributed by atoms with Crippen LogP contribution in [-0.2, 0) is 0 Å². The molecule has 1 atom stereocenters. The van der Waals surface area contributed by atoms with Crippen LogP contribution in [0.2, 0.25) is 0 Å². The highest BCUT2D eigenvalue weighted by Gasteiger charge is 2.07. The predicted molar refractivity (Wildman–Crippen MR) is 87.5 cm³/mol. The lowest BCUT2D eigenvalue weighted by atomic mass is 10.2. The Hall–Kier alpha value is -2.27. The molecule has 0 aliphatic carbocycles. The lowest BCUT2D eigenvalue weighted by Crippen LogP contribution is -2.13. The molecule has 108 valence electrons. The number of H-pyrrole nitrogens is 1. The highest BCUT2D eigenvalue weighted by Crippen LogP contribution is 2.26. The minimum atomic E-state index is -0.127. The van der Waals surface area contributed by atoms with Gasteiger partial charge < -0.3 is 10.3 Å². The first kappa shape index (κ1) is 13.7. The number of aryl methyl sites for hydroxylation is 1. The molecule has 2 aromatic heterocycles. The van der Waals surface area contributed by atoms with Crippen molar-refractivity contribution < 1.29 is 0 Å². The first-order chi connectivity index (χ1) is 10.1. The average molecular weight is 299 g/mol. The van der Waals surface area contributed by atoms with E-state index in [0.717, 1.165) is 11.4 Å². The largest absolute Gasteiger partial charge is 0.378 e. The molecule has 1 aromatic carbocycles. The van der Waals surface area contributed by atoms with E-state index in [-0.39, 0.29) is 11.7 Å². The first-order valence-corrected chi connectivity index (χ1v) is 7.64. The van der Waals surface area contributed by atoms with Crippen LogP contribution in [0.1, 0.15) is 22.7 Å². The van der Waals surface area contributed by atoms with Gasteiger partial charge in [-0.1, -0.05) is 0 Å². The number of aromatic nitrogens is 2. The summed E-state index contributed by atoms with van der Waals surface area (Å²) in [6, 6.07) is 12.4. The number of nitrogens with one attached hydrogen (secondary N) is 2. The molecule has 0 aliphatic rings. The third-order valence-corrected chi connectivity index (χ3v) is 4.55. The number of hydrogen-bond acceptors (Lipinski definition) is 3. The van der Waals surface area contributed by atoms with Gasteiger partial charge in [-0.25, -0.2) is 4.79 Å². The van der Waals surface area contributed by atoms with E-state index >= 15 is 0 Å². The fourth-order valence-corrected chi connectivity index (χ4v) is 3.13. The van der Waals surface area contributed by atoms with Crippen molar-refractivity contribution in [1.29, 1.82) is 0 Å². The molecule has 21 heavy (non-hydrogen) atoms. The number of rotatable bonds is 4. The van der Waals surface area contributed by atoms with Gasteiger partial charge in [0.25, 0.3) is 0 Å². The van der Waals surface area contributed by atoms with Crippen LogP contribution in [-0.4, -0.2) is 9.55 Å². The van der Waals surface area contributed by atoms with Crippen LogP contribution in [0.25, 0.3) is 5.69 Å². The fraction of sp³-hybridized carbons (Fsp3) is 0.188.